The summed E-state index contributed by atoms with van der Waals surface area (Å²) in [6.07, 6.45) is 0. The van der Waals surface area contributed by atoms with E-state index in [1.54, 1.807) is 6.92 Å². The molecule has 0 fully saturated rings. The predicted molar refractivity (Wildman–Crippen MR) is 113 cm³/mol. The average Bonchev–Trinajstić information content (AvgIpc) is 2.70. The molecule has 4 N–H and O–H groups in total. The molecule has 0 spiro atoms. The van der Waals surface area contributed by atoms with Gasteiger partial charge in [0.25, 0.3) is 0 Å². The molecule has 0 aliphatic carbocycles. The number of hydrogen-bond donors (Lipinski definition) is 2. The zero-order valence-corrected chi connectivity index (χ0v) is 15.9. The number of halogens is 1. The summed E-state index contributed by atoms with van der Waals surface area (Å²) in [7, 11) is 0. The first-order chi connectivity index (χ1) is 14.3. The van der Waals surface area contributed by atoms with E-state index in [0.29, 0.717) is 33.6 Å². The van der Waals surface area contributed by atoms with Crippen molar-refractivity contribution < 1.29 is 18.3 Å². The Morgan fingerprint density at radius 2 is 1.63 bits per heavy atom. The van der Waals surface area contributed by atoms with Crippen LogP contribution in [0.4, 0.5) is 15.8 Å². The number of benzene rings is 3. The molecule has 7 heteroatoms. The molecule has 4 rings (SSSR count). The maximum absolute atomic E-state index is 13.2. The van der Waals surface area contributed by atoms with E-state index in [4.69, 9.17) is 20.6 Å². The molecule has 150 valence electrons. The van der Waals surface area contributed by atoms with Crippen LogP contribution in [-0.2, 0) is 0 Å². The van der Waals surface area contributed by atoms with Crippen molar-refractivity contribution in [2.75, 3.05) is 11.5 Å². The van der Waals surface area contributed by atoms with E-state index in [9.17, 15) is 14.0 Å². The number of rotatable bonds is 3. The number of esters is 1. The van der Waals surface area contributed by atoms with Crippen molar-refractivity contribution in [2.24, 2.45) is 0 Å². The van der Waals surface area contributed by atoms with Crippen LogP contribution in [0.25, 0.3) is 22.3 Å². The maximum Gasteiger partial charge on any atom is 0.343 e. The molecule has 0 atom stereocenters. The molecule has 0 saturated carbocycles. The SMILES string of the molecule is Cc1c(-c2ccc(F)cc2)oc2cc(OC(=O)c3cc(N)cc(N)c3)ccc2c1=O. The fourth-order valence-corrected chi connectivity index (χ4v) is 3.17. The molecule has 0 aliphatic rings. The van der Waals surface area contributed by atoms with E-state index in [1.807, 2.05) is 0 Å². The molecule has 0 amide bonds. The van der Waals surface area contributed by atoms with Crippen molar-refractivity contribution >= 4 is 28.3 Å². The highest BCUT2D eigenvalue weighted by Gasteiger charge is 2.15. The van der Waals surface area contributed by atoms with Crippen LogP contribution in [0.2, 0.25) is 0 Å². The summed E-state index contributed by atoms with van der Waals surface area (Å²) >= 11 is 0. The standard InChI is InChI=1S/C23H17FN2O4/c1-12-21(27)19-7-6-18(29-23(28)14-8-16(25)10-17(26)9-14)11-20(19)30-22(12)13-2-4-15(24)5-3-13/h2-11H,25-26H2,1H3. The molecule has 1 heterocycles. The minimum atomic E-state index is -0.651. The first-order valence-corrected chi connectivity index (χ1v) is 9.03. The maximum atomic E-state index is 13.2. The van der Waals surface area contributed by atoms with E-state index in [1.165, 1.54) is 60.7 Å². The minimum Gasteiger partial charge on any atom is -0.455 e. The predicted octanol–water partition coefficient (Wildman–Crippen LogP) is 4.29. The van der Waals surface area contributed by atoms with Crippen LogP contribution in [0.1, 0.15) is 15.9 Å². The van der Waals surface area contributed by atoms with Crippen LogP contribution in [-0.4, -0.2) is 5.97 Å². The van der Waals surface area contributed by atoms with Crippen molar-refractivity contribution in [3.63, 3.8) is 0 Å². The van der Waals surface area contributed by atoms with Gasteiger partial charge in [-0.05, 0) is 61.5 Å². The summed E-state index contributed by atoms with van der Waals surface area (Å²) < 4.78 is 24.5. The van der Waals surface area contributed by atoms with Gasteiger partial charge in [0.1, 0.15) is 22.9 Å². The molecule has 0 aliphatic heterocycles. The summed E-state index contributed by atoms with van der Waals surface area (Å²) in [4.78, 5) is 25.2. The Morgan fingerprint density at radius 3 is 2.30 bits per heavy atom. The van der Waals surface area contributed by atoms with Gasteiger partial charge >= 0.3 is 5.97 Å². The molecule has 4 aromatic rings. The highest BCUT2D eigenvalue weighted by Crippen LogP contribution is 2.28. The van der Waals surface area contributed by atoms with E-state index in [-0.39, 0.29) is 22.3 Å². The van der Waals surface area contributed by atoms with Crippen molar-refractivity contribution in [3.05, 3.63) is 87.8 Å². The van der Waals surface area contributed by atoms with Gasteiger partial charge in [0, 0.05) is 28.6 Å². The summed E-state index contributed by atoms with van der Waals surface area (Å²) in [5.74, 6) is -0.539. The number of carbonyl (C=O) groups is 1. The fraction of sp³-hybridized carbons (Fsp3) is 0.0435. The first kappa shape index (κ1) is 19.2. The van der Waals surface area contributed by atoms with Gasteiger partial charge in [0.2, 0.25) is 0 Å². The smallest absolute Gasteiger partial charge is 0.343 e. The zero-order chi connectivity index (χ0) is 21.4. The first-order valence-electron chi connectivity index (χ1n) is 9.03. The lowest BCUT2D eigenvalue weighted by Crippen LogP contribution is -2.10. The third-order valence-electron chi connectivity index (χ3n) is 4.62. The Hall–Kier alpha value is -4.13. The fourth-order valence-electron chi connectivity index (χ4n) is 3.17. The van der Waals surface area contributed by atoms with Crippen molar-refractivity contribution in [3.8, 4) is 17.1 Å². The Labute approximate surface area is 170 Å². The van der Waals surface area contributed by atoms with Crippen molar-refractivity contribution in [1.29, 1.82) is 0 Å². The molecule has 0 bridgehead atoms. The topological polar surface area (TPSA) is 109 Å². The monoisotopic (exact) mass is 404 g/mol. The van der Waals surface area contributed by atoms with Crippen molar-refractivity contribution in [1.82, 2.24) is 0 Å². The third-order valence-corrected chi connectivity index (χ3v) is 4.62. The number of anilines is 2. The second-order valence-electron chi connectivity index (χ2n) is 6.83. The van der Waals surface area contributed by atoms with Gasteiger partial charge in [0.05, 0.1) is 10.9 Å². The number of hydrogen-bond acceptors (Lipinski definition) is 6. The normalized spacial score (nSPS) is 10.9. The number of fused-ring (bicyclic) bond motifs is 1. The summed E-state index contributed by atoms with van der Waals surface area (Å²) in [6.45, 7) is 1.64. The lowest BCUT2D eigenvalue weighted by Gasteiger charge is -2.09. The van der Waals surface area contributed by atoms with Gasteiger partial charge in [-0.25, -0.2) is 9.18 Å². The van der Waals surface area contributed by atoms with Gasteiger partial charge in [-0.1, -0.05) is 0 Å². The van der Waals surface area contributed by atoms with Gasteiger partial charge in [-0.15, -0.1) is 0 Å². The Balaban J connectivity index is 1.74. The molecular formula is C23H17FN2O4. The molecule has 0 radical (unpaired) electrons. The zero-order valence-electron chi connectivity index (χ0n) is 15.9. The lowest BCUT2D eigenvalue weighted by atomic mass is 10.1. The average molecular weight is 404 g/mol. The number of nitrogen functional groups attached to an aromatic ring is 2. The number of carbonyl (C=O) groups excluding carboxylic acids is 1. The van der Waals surface area contributed by atoms with Crippen LogP contribution in [0, 0.1) is 12.7 Å². The quantitative estimate of drug-likeness (QED) is 0.300. The van der Waals surface area contributed by atoms with Gasteiger partial charge in [-0.2, -0.15) is 0 Å². The summed E-state index contributed by atoms with van der Waals surface area (Å²) in [5.41, 5.74) is 13.3. The molecular weight excluding hydrogens is 387 g/mol. The second-order valence-corrected chi connectivity index (χ2v) is 6.83. The second kappa shape index (κ2) is 7.36. The van der Waals surface area contributed by atoms with E-state index in [0.717, 1.165) is 0 Å². The highest BCUT2D eigenvalue weighted by atomic mass is 19.1. The Morgan fingerprint density at radius 1 is 0.967 bits per heavy atom. The minimum absolute atomic E-state index is 0.186. The Bertz CT molecular complexity index is 1320. The highest BCUT2D eigenvalue weighted by molar-refractivity contribution is 5.93. The van der Waals surface area contributed by atoms with Crippen LogP contribution in [0.5, 0.6) is 5.75 Å². The lowest BCUT2D eigenvalue weighted by molar-refractivity contribution is 0.0735. The van der Waals surface area contributed by atoms with Crippen LogP contribution in [0.3, 0.4) is 0 Å². The van der Waals surface area contributed by atoms with E-state index < -0.39 is 11.8 Å². The summed E-state index contributed by atoms with van der Waals surface area (Å²) in [5, 5.41) is 0.339. The molecule has 3 aromatic carbocycles. The van der Waals surface area contributed by atoms with Crippen LogP contribution >= 0.6 is 0 Å². The molecule has 0 saturated heterocycles. The van der Waals surface area contributed by atoms with Gasteiger partial charge < -0.3 is 20.6 Å². The molecule has 30 heavy (non-hydrogen) atoms. The molecule has 0 unspecified atom stereocenters. The van der Waals surface area contributed by atoms with E-state index in [2.05, 4.69) is 0 Å². The largest absolute Gasteiger partial charge is 0.455 e. The van der Waals surface area contributed by atoms with Crippen molar-refractivity contribution in [2.45, 2.75) is 6.92 Å². The van der Waals surface area contributed by atoms with Crippen LogP contribution in [0.15, 0.2) is 69.9 Å². The van der Waals surface area contributed by atoms with Gasteiger partial charge in [0.15, 0.2) is 5.43 Å². The van der Waals surface area contributed by atoms with E-state index >= 15 is 0 Å². The molecule has 1 aromatic heterocycles. The number of ether oxygens (including phenoxy) is 1. The summed E-state index contributed by atoms with van der Waals surface area (Å²) in [6, 6.07) is 14.6. The Kier molecular flexibility index (Phi) is 4.71. The third kappa shape index (κ3) is 3.60. The van der Waals surface area contributed by atoms with Crippen LogP contribution < -0.4 is 21.6 Å². The molecule has 6 nitrogen and oxygen atoms in total. The number of nitrogens with two attached hydrogens (primary N) is 2. The van der Waals surface area contributed by atoms with Gasteiger partial charge in [-0.3, -0.25) is 4.79 Å².